The molecule has 2 N–H and O–H groups in total. The number of rotatable bonds is 1. The molecule has 7 heteroatoms. The molecule has 6 nitrogen and oxygen atoms in total. The number of anilines is 1. The van der Waals surface area contributed by atoms with E-state index in [0.29, 0.717) is 33.2 Å². The molecule has 0 amide bonds. The molecule has 0 radical (unpaired) electrons. The number of benzene rings is 2. The third kappa shape index (κ3) is 2.39. The minimum Gasteiger partial charge on any atom is -0.340 e. The standard InChI is InChI=1S/C22H16ClN3O3/c1-10-7-8-11(9-14(10)23)15-16-18(12-5-3-4-6-13(12)19(16)27)24-20-17(15)21(28)25-22(29)26(20)2/h3-9,15,24H,1-2H3,(H,25,28,29). The smallest absolute Gasteiger partial charge is 0.329 e. The maximum absolute atomic E-state index is 13.3. The molecule has 2 aliphatic rings. The number of hydrogen-bond donors (Lipinski definition) is 2. The predicted molar refractivity (Wildman–Crippen MR) is 112 cm³/mol. The first-order chi connectivity index (χ1) is 13.9. The molecule has 29 heavy (non-hydrogen) atoms. The lowest BCUT2D eigenvalue weighted by Crippen LogP contribution is -2.37. The number of halogens is 1. The van der Waals surface area contributed by atoms with Gasteiger partial charge in [0.15, 0.2) is 5.78 Å². The zero-order valence-corrected chi connectivity index (χ0v) is 16.4. The number of aromatic amines is 1. The summed E-state index contributed by atoms with van der Waals surface area (Å²) in [5.41, 5.74) is 3.35. The molecule has 1 unspecified atom stereocenters. The Hall–Kier alpha value is -3.38. The molecule has 0 fully saturated rings. The highest BCUT2D eigenvalue weighted by Gasteiger charge is 2.42. The highest BCUT2D eigenvalue weighted by Crippen LogP contribution is 2.48. The fourth-order valence-electron chi connectivity index (χ4n) is 4.15. The van der Waals surface area contributed by atoms with Crippen molar-refractivity contribution < 1.29 is 4.79 Å². The lowest BCUT2D eigenvalue weighted by atomic mass is 9.81. The number of aromatic nitrogens is 2. The van der Waals surface area contributed by atoms with Gasteiger partial charge in [-0.1, -0.05) is 48.0 Å². The number of H-pyrrole nitrogens is 1. The molecule has 3 aromatic rings. The number of nitrogens with one attached hydrogen (secondary N) is 2. The summed E-state index contributed by atoms with van der Waals surface area (Å²) in [6, 6.07) is 12.8. The number of aryl methyl sites for hydroxylation is 1. The zero-order valence-electron chi connectivity index (χ0n) is 15.7. The number of allylic oxidation sites excluding steroid dienone is 1. The largest absolute Gasteiger partial charge is 0.340 e. The number of nitrogens with zero attached hydrogens (tertiary/aromatic N) is 1. The molecule has 1 aliphatic heterocycles. The van der Waals surface area contributed by atoms with Gasteiger partial charge >= 0.3 is 5.69 Å². The Balaban J connectivity index is 1.88. The Kier molecular flexibility index (Phi) is 3.70. The van der Waals surface area contributed by atoms with Gasteiger partial charge in [-0.25, -0.2) is 4.79 Å². The van der Waals surface area contributed by atoms with E-state index in [1.807, 2.05) is 37.3 Å². The van der Waals surface area contributed by atoms with Crippen molar-refractivity contribution in [2.75, 3.05) is 5.32 Å². The van der Waals surface area contributed by atoms with Crippen LogP contribution in [-0.4, -0.2) is 15.3 Å². The summed E-state index contributed by atoms with van der Waals surface area (Å²) in [7, 11) is 1.58. The van der Waals surface area contributed by atoms with Crippen molar-refractivity contribution in [3.05, 3.63) is 102 Å². The van der Waals surface area contributed by atoms with E-state index in [-0.39, 0.29) is 5.78 Å². The Morgan fingerprint density at radius 2 is 1.76 bits per heavy atom. The van der Waals surface area contributed by atoms with Gasteiger partial charge in [0.25, 0.3) is 5.56 Å². The topological polar surface area (TPSA) is 84.0 Å². The van der Waals surface area contributed by atoms with E-state index >= 15 is 0 Å². The van der Waals surface area contributed by atoms with Crippen LogP contribution in [0.3, 0.4) is 0 Å². The van der Waals surface area contributed by atoms with Crippen molar-refractivity contribution >= 4 is 28.9 Å². The van der Waals surface area contributed by atoms with E-state index < -0.39 is 17.2 Å². The molecule has 1 aliphatic carbocycles. The summed E-state index contributed by atoms with van der Waals surface area (Å²) >= 11 is 6.37. The normalized spacial score (nSPS) is 16.9. The van der Waals surface area contributed by atoms with Gasteiger partial charge in [-0.3, -0.25) is 19.1 Å². The predicted octanol–water partition coefficient (Wildman–Crippen LogP) is 3.20. The number of hydrogen-bond acceptors (Lipinski definition) is 4. The van der Waals surface area contributed by atoms with Gasteiger partial charge in [0.2, 0.25) is 0 Å². The van der Waals surface area contributed by atoms with Crippen LogP contribution in [0.4, 0.5) is 5.82 Å². The minimum absolute atomic E-state index is 0.135. The maximum Gasteiger partial charge on any atom is 0.329 e. The first-order valence-electron chi connectivity index (χ1n) is 9.13. The summed E-state index contributed by atoms with van der Waals surface area (Å²) in [4.78, 5) is 40.8. The van der Waals surface area contributed by atoms with Crippen molar-refractivity contribution in [3.63, 3.8) is 0 Å². The SMILES string of the molecule is Cc1ccc(C2C3=C(Nc4c2c(=O)[nH]c(=O)n4C)c2ccccc2C3=O)cc1Cl. The van der Waals surface area contributed by atoms with E-state index in [1.54, 1.807) is 19.2 Å². The first-order valence-corrected chi connectivity index (χ1v) is 9.51. The lowest BCUT2D eigenvalue weighted by molar-refractivity contribution is 0.103. The van der Waals surface area contributed by atoms with E-state index in [1.165, 1.54) is 4.57 Å². The number of ketones is 1. The molecule has 144 valence electrons. The molecule has 5 rings (SSSR count). The molecule has 2 heterocycles. The van der Waals surface area contributed by atoms with Crippen molar-refractivity contribution in [1.82, 2.24) is 9.55 Å². The van der Waals surface area contributed by atoms with E-state index in [2.05, 4.69) is 10.3 Å². The molecule has 0 saturated carbocycles. The lowest BCUT2D eigenvalue weighted by Gasteiger charge is -2.29. The monoisotopic (exact) mass is 405 g/mol. The number of carbonyl (C=O) groups excluding carboxylic acids is 1. The fourth-order valence-corrected chi connectivity index (χ4v) is 4.34. The molecular formula is C22H16ClN3O3. The second-order valence-electron chi connectivity index (χ2n) is 7.31. The van der Waals surface area contributed by atoms with Crippen LogP contribution in [0.25, 0.3) is 5.70 Å². The van der Waals surface area contributed by atoms with Gasteiger partial charge in [-0.2, -0.15) is 0 Å². The maximum atomic E-state index is 13.3. The van der Waals surface area contributed by atoms with Gasteiger partial charge in [-0.05, 0) is 24.1 Å². The van der Waals surface area contributed by atoms with Crippen LogP contribution in [0.15, 0.2) is 57.6 Å². The summed E-state index contributed by atoms with van der Waals surface area (Å²) < 4.78 is 1.36. The average molecular weight is 406 g/mol. The van der Waals surface area contributed by atoms with Crippen molar-refractivity contribution in [2.24, 2.45) is 7.05 Å². The van der Waals surface area contributed by atoms with Crippen molar-refractivity contribution in [3.8, 4) is 0 Å². The van der Waals surface area contributed by atoms with E-state index in [9.17, 15) is 14.4 Å². The highest BCUT2D eigenvalue weighted by molar-refractivity contribution is 6.31. The Labute approximate surface area is 170 Å². The van der Waals surface area contributed by atoms with E-state index in [4.69, 9.17) is 11.6 Å². The molecule has 1 aromatic heterocycles. The second-order valence-corrected chi connectivity index (χ2v) is 7.72. The Morgan fingerprint density at radius 3 is 2.48 bits per heavy atom. The Bertz CT molecular complexity index is 1380. The average Bonchev–Trinajstić information content (AvgIpc) is 2.99. The first kappa shape index (κ1) is 17.7. The summed E-state index contributed by atoms with van der Waals surface area (Å²) in [6.45, 7) is 1.89. The van der Waals surface area contributed by atoms with Gasteiger partial charge in [0.1, 0.15) is 5.82 Å². The summed E-state index contributed by atoms with van der Waals surface area (Å²) in [5, 5.41) is 3.74. The fraction of sp³-hybridized carbons (Fsp3) is 0.136. The zero-order chi connectivity index (χ0) is 20.4. The van der Waals surface area contributed by atoms with Gasteiger partial charge < -0.3 is 5.32 Å². The molecular weight excluding hydrogens is 390 g/mol. The molecule has 1 atom stereocenters. The van der Waals surface area contributed by atoms with Crippen molar-refractivity contribution in [2.45, 2.75) is 12.8 Å². The van der Waals surface area contributed by atoms with Crippen LogP contribution >= 0.6 is 11.6 Å². The highest BCUT2D eigenvalue weighted by atomic mass is 35.5. The van der Waals surface area contributed by atoms with Crippen LogP contribution in [-0.2, 0) is 7.05 Å². The molecule has 0 bridgehead atoms. The number of fused-ring (bicyclic) bond motifs is 3. The van der Waals surface area contributed by atoms with Gasteiger partial charge in [-0.15, -0.1) is 0 Å². The third-order valence-corrected chi connectivity index (χ3v) is 6.07. The van der Waals surface area contributed by atoms with Crippen LogP contribution in [0.5, 0.6) is 0 Å². The Morgan fingerprint density at radius 1 is 1.03 bits per heavy atom. The van der Waals surface area contributed by atoms with Gasteiger partial charge in [0, 0.05) is 34.7 Å². The van der Waals surface area contributed by atoms with Crippen LogP contribution in [0.1, 0.15) is 38.5 Å². The second kappa shape index (κ2) is 6.06. The van der Waals surface area contributed by atoms with E-state index in [0.717, 1.165) is 16.7 Å². The molecule has 0 spiro atoms. The van der Waals surface area contributed by atoms with Crippen molar-refractivity contribution in [1.29, 1.82) is 0 Å². The van der Waals surface area contributed by atoms with Crippen LogP contribution in [0.2, 0.25) is 5.02 Å². The molecule has 0 saturated heterocycles. The summed E-state index contributed by atoms with van der Waals surface area (Å²) in [5.74, 6) is -0.401. The minimum atomic E-state index is -0.644. The number of Topliss-reactive ketones (excluding diaryl/α,β-unsaturated/α-hetero) is 1. The van der Waals surface area contributed by atoms with Crippen LogP contribution in [0, 0.1) is 6.92 Å². The molecule has 2 aromatic carbocycles. The third-order valence-electron chi connectivity index (χ3n) is 5.67. The summed E-state index contributed by atoms with van der Waals surface area (Å²) in [6.07, 6.45) is 0. The quantitative estimate of drug-likeness (QED) is 0.651. The van der Waals surface area contributed by atoms with Gasteiger partial charge in [0.05, 0.1) is 11.3 Å². The number of carbonyl (C=O) groups is 1. The van der Waals surface area contributed by atoms with Crippen LogP contribution < -0.4 is 16.6 Å².